The van der Waals surface area contributed by atoms with Crippen LogP contribution in [0, 0.1) is 0 Å². The monoisotopic (exact) mass is 407 g/mol. The van der Waals surface area contributed by atoms with Crippen molar-refractivity contribution in [2.45, 2.75) is 12.7 Å². The van der Waals surface area contributed by atoms with Crippen LogP contribution in [0.15, 0.2) is 54.6 Å². The molecule has 0 aromatic heterocycles. The van der Waals surface area contributed by atoms with E-state index >= 15 is 0 Å². The number of carbonyl (C=O) groups is 1. The second-order valence-corrected chi connectivity index (χ2v) is 7.02. The van der Waals surface area contributed by atoms with Crippen molar-refractivity contribution in [1.29, 1.82) is 0 Å². The van der Waals surface area contributed by atoms with Crippen molar-refractivity contribution in [2.24, 2.45) is 0 Å². The van der Waals surface area contributed by atoms with Crippen molar-refractivity contribution >= 4 is 11.6 Å². The quantitative estimate of drug-likeness (QED) is 0.764. The zero-order chi connectivity index (χ0) is 20.7. The predicted octanol–water partition coefficient (Wildman–Crippen LogP) is 3.38. The SMILES string of the molecule is O=C(CN1CCN(Cc2cccc(OCC(F)(F)F)c2)CC1)Nc1ccccc1. The molecule has 0 spiro atoms. The van der Waals surface area contributed by atoms with Crippen molar-refractivity contribution < 1.29 is 22.7 Å². The molecule has 1 aliphatic heterocycles. The van der Waals surface area contributed by atoms with E-state index in [2.05, 4.69) is 15.1 Å². The summed E-state index contributed by atoms with van der Waals surface area (Å²) in [6.07, 6.45) is -4.35. The van der Waals surface area contributed by atoms with Gasteiger partial charge in [0.2, 0.25) is 5.91 Å². The zero-order valence-electron chi connectivity index (χ0n) is 16.0. The molecule has 5 nitrogen and oxygen atoms in total. The second kappa shape index (κ2) is 9.76. The Balaban J connectivity index is 1.42. The lowest BCUT2D eigenvalue weighted by atomic mass is 10.2. The standard InChI is InChI=1S/C21H24F3N3O2/c22-21(23,24)16-29-19-8-4-5-17(13-19)14-26-9-11-27(12-10-26)15-20(28)25-18-6-2-1-3-7-18/h1-8,13H,9-12,14-16H2,(H,25,28). The van der Waals surface area contributed by atoms with E-state index in [0.717, 1.165) is 37.4 Å². The van der Waals surface area contributed by atoms with E-state index < -0.39 is 12.8 Å². The molecule has 1 N–H and O–H groups in total. The topological polar surface area (TPSA) is 44.8 Å². The van der Waals surface area contributed by atoms with Crippen LogP contribution in [0.5, 0.6) is 5.75 Å². The number of para-hydroxylation sites is 1. The number of alkyl halides is 3. The van der Waals surface area contributed by atoms with Gasteiger partial charge in [0.05, 0.1) is 6.54 Å². The van der Waals surface area contributed by atoms with Gasteiger partial charge < -0.3 is 10.1 Å². The molecule has 0 atom stereocenters. The Hall–Kier alpha value is -2.58. The number of nitrogens with zero attached hydrogens (tertiary/aromatic N) is 2. The van der Waals surface area contributed by atoms with Crippen molar-refractivity contribution in [3.8, 4) is 5.75 Å². The third-order valence-electron chi connectivity index (χ3n) is 4.60. The molecular weight excluding hydrogens is 383 g/mol. The van der Waals surface area contributed by atoms with E-state index in [9.17, 15) is 18.0 Å². The maximum Gasteiger partial charge on any atom is 0.422 e. The number of hydrogen-bond acceptors (Lipinski definition) is 4. The Bertz CT molecular complexity index is 791. The molecule has 29 heavy (non-hydrogen) atoms. The summed E-state index contributed by atoms with van der Waals surface area (Å²) in [6.45, 7) is 2.76. The number of anilines is 1. The van der Waals surface area contributed by atoms with Gasteiger partial charge in [-0.15, -0.1) is 0 Å². The smallest absolute Gasteiger partial charge is 0.422 e. The molecule has 1 amide bonds. The first-order valence-corrected chi connectivity index (χ1v) is 9.45. The van der Waals surface area contributed by atoms with Crippen LogP contribution >= 0.6 is 0 Å². The fraction of sp³-hybridized carbons (Fsp3) is 0.381. The summed E-state index contributed by atoms with van der Waals surface area (Å²) in [6, 6.07) is 16.1. The Morgan fingerprint density at radius 2 is 1.66 bits per heavy atom. The number of benzene rings is 2. The maximum atomic E-state index is 12.3. The highest BCUT2D eigenvalue weighted by atomic mass is 19.4. The highest BCUT2D eigenvalue weighted by Gasteiger charge is 2.28. The first kappa shape index (κ1) is 21.1. The molecule has 1 heterocycles. The molecule has 8 heteroatoms. The number of rotatable bonds is 7. The van der Waals surface area contributed by atoms with Gasteiger partial charge in [0.15, 0.2) is 6.61 Å². The Labute approximate surface area is 168 Å². The lowest BCUT2D eigenvalue weighted by molar-refractivity contribution is -0.153. The number of ether oxygens (including phenoxy) is 1. The van der Waals surface area contributed by atoms with E-state index in [1.54, 1.807) is 12.1 Å². The molecule has 0 aliphatic carbocycles. The normalized spacial score (nSPS) is 15.8. The molecule has 3 rings (SSSR count). The molecule has 1 aliphatic rings. The lowest BCUT2D eigenvalue weighted by Gasteiger charge is -2.34. The van der Waals surface area contributed by atoms with Crippen LogP contribution in [0.4, 0.5) is 18.9 Å². The fourth-order valence-corrected chi connectivity index (χ4v) is 3.19. The van der Waals surface area contributed by atoms with Crippen LogP contribution in [0.3, 0.4) is 0 Å². The van der Waals surface area contributed by atoms with Crippen molar-refractivity contribution in [1.82, 2.24) is 9.80 Å². The van der Waals surface area contributed by atoms with Gasteiger partial charge in [0.1, 0.15) is 5.75 Å². The number of nitrogens with one attached hydrogen (secondary N) is 1. The number of piperazine rings is 1. The van der Waals surface area contributed by atoms with Crippen molar-refractivity contribution in [3.63, 3.8) is 0 Å². The largest absolute Gasteiger partial charge is 0.484 e. The minimum absolute atomic E-state index is 0.0424. The number of amides is 1. The molecule has 1 fully saturated rings. The van der Waals surface area contributed by atoms with Crippen molar-refractivity contribution in [3.05, 3.63) is 60.2 Å². The minimum atomic E-state index is -4.35. The molecule has 2 aromatic rings. The van der Waals surface area contributed by atoms with Crippen LogP contribution in [0.25, 0.3) is 0 Å². The van der Waals surface area contributed by atoms with Gasteiger partial charge in [-0.1, -0.05) is 30.3 Å². The summed E-state index contributed by atoms with van der Waals surface area (Å²) >= 11 is 0. The number of hydrogen-bond donors (Lipinski definition) is 1. The summed E-state index contributed by atoms with van der Waals surface area (Å²) in [7, 11) is 0. The Morgan fingerprint density at radius 1 is 0.966 bits per heavy atom. The van der Waals surface area contributed by atoms with Crippen LogP contribution in [0.1, 0.15) is 5.56 Å². The van der Waals surface area contributed by atoms with Gasteiger partial charge in [-0.2, -0.15) is 13.2 Å². The molecule has 2 aromatic carbocycles. The second-order valence-electron chi connectivity index (χ2n) is 7.02. The first-order valence-electron chi connectivity index (χ1n) is 9.45. The van der Waals surface area contributed by atoms with Crippen LogP contribution in [0.2, 0.25) is 0 Å². The Kier molecular flexibility index (Phi) is 7.11. The fourth-order valence-electron chi connectivity index (χ4n) is 3.19. The lowest BCUT2D eigenvalue weighted by Crippen LogP contribution is -2.48. The van der Waals surface area contributed by atoms with Gasteiger partial charge in [-0.25, -0.2) is 0 Å². The summed E-state index contributed by atoms with van der Waals surface area (Å²) in [5.41, 5.74) is 1.68. The highest BCUT2D eigenvalue weighted by molar-refractivity contribution is 5.92. The average molecular weight is 407 g/mol. The molecule has 1 saturated heterocycles. The van der Waals surface area contributed by atoms with E-state index in [1.807, 2.05) is 36.4 Å². The van der Waals surface area contributed by atoms with Gasteiger partial charge in [-0.3, -0.25) is 14.6 Å². The number of carbonyl (C=O) groups excluding carboxylic acids is 1. The van der Waals surface area contributed by atoms with E-state index in [0.29, 0.717) is 13.1 Å². The first-order chi connectivity index (χ1) is 13.9. The summed E-state index contributed by atoms with van der Waals surface area (Å²) in [5, 5.41) is 2.88. The minimum Gasteiger partial charge on any atom is -0.484 e. The molecule has 0 saturated carbocycles. The highest BCUT2D eigenvalue weighted by Crippen LogP contribution is 2.20. The van der Waals surface area contributed by atoms with Gasteiger partial charge in [0, 0.05) is 38.4 Å². The molecule has 156 valence electrons. The van der Waals surface area contributed by atoms with E-state index in [4.69, 9.17) is 4.74 Å². The van der Waals surface area contributed by atoms with Crippen LogP contribution in [-0.4, -0.2) is 61.2 Å². The number of halogens is 3. The molecule has 0 radical (unpaired) electrons. The third-order valence-corrected chi connectivity index (χ3v) is 4.60. The summed E-state index contributed by atoms with van der Waals surface area (Å²) in [5.74, 6) is 0.176. The predicted molar refractivity (Wildman–Crippen MR) is 105 cm³/mol. The van der Waals surface area contributed by atoms with Crippen LogP contribution < -0.4 is 10.1 Å². The van der Waals surface area contributed by atoms with E-state index in [-0.39, 0.29) is 11.7 Å². The van der Waals surface area contributed by atoms with Gasteiger partial charge >= 0.3 is 6.18 Å². The summed E-state index contributed by atoms with van der Waals surface area (Å²) in [4.78, 5) is 16.5. The Morgan fingerprint density at radius 3 is 2.34 bits per heavy atom. The molecular formula is C21H24F3N3O2. The maximum absolute atomic E-state index is 12.3. The van der Waals surface area contributed by atoms with E-state index in [1.165, 1.54) is 6.07 Å². The van der Waals surface area contributed by atoms with Crippen LogP contribution in [-0.2, 0) is 11.3 Å². The zero-order valence-corrected chi connectivity index (χ0v) is 16.0. The third kappa shape index (κ3) is 7.40. The summed E-state index contributed by atoms with van der Waals surface area (Å²) < 4.78 is 41.7. The molecule has 0 unspecified atom stereocenters. The average Bonchev–Trinajstić information content (AvgIpc) is 2.68. The van der Waals surface area contributed by atoms with Crippen molar-refractivity contribution in [2.75, 3.05) is 44.6 Å². The van der Waals surface area contributed by atoms with Gasteiger partial charge in [-0.05, 0) is 29.8 Å². The molecule has 0 bridgehead atoms. The van der Waals surface area contributed by atoms with Gasteiger partial charge in [0.25, 0.3) is 0 Å².